The molecule has 1 amide bonds. The Kier molecular flexibility index (Phi) is 6.71. The summed E-state index contributed by atoms with van der Waals surface area (Å²) in [6.07, 6.45) is 1.69. The van der Waals surface area contributed by atoms with Crippen LogP contribution in [0.3, 0.4) is 0 Å². The van der Waals surface area contributed by atoms with E-state index in [9.17, 15) is 20.3 Å². The predicted molar refractivity (Wildman–Crippen MR) is 115 cm³/mol. The first-order chi connectivity index (χ1) is 15.9. The number of carbonyl (C=O) groups is 1. The number of hydroxylamine groups is 1. The van der Waals surface area contributed by atoms with E-state index in [1.165, 1.54) is 0 Å². The molecule has 1 saturated heterocycles. The molecule has 0 spiro atoms. The van der Waals surface area contributed by atoms with Gasteiger partial charge in [0.1, 0.15) is 24.1 Å². The van der Waals surface area contributed by atoms with Gasteiger partial charge in [-0.25, -0.2) is 10.5 Å². The molecule has 33 heavy (non-hydrogen) atoms. The van der Waals surface area contributed by atoms with Gasteiger partial charge < -0.3 is 25.4 Å². The fourth-order valence-electron chi connectivity index (χ4n) is 3.67. The van der Waals surface area contributed by atoms with E-state index in [2.05, 4.69) is 21.5 Å². The van der Waals surface area contributed by atoms with E-state index >= 15 is 0 Å². The number of nitrogen functional groups attached to an aromatic ring is 1. The maximum atomic E-state index is 12.8. The molecule has 4 rings (SSSR count). The van der Waals surface area contributed by atoms with Crippen molar-refractivity contribution in [3.05, 3.63) is 35.4 Å². The van der Waals surface area contributed by atoms with Crippen molar-refractivity contribution in [2.45, 2.75) is 43.5 Å². The van der Waals surface area contributed by atoms with Gasteiger partial charge in [0.05, 0.1) is 36.6 Å². The van der Waals surface area contributed by atoms with E-state index in [-0.39, 0.29) is 49.0 Å². The summed E-state index contributed by atoms with van der Waals surface area (Å²) in [5.74, 6) is -0.757. The van der Waals surface area contributed by atoms with Gasteiger partial charge in [-0.15, -0.1) is 0 Å². The second-order valence-corrected chi connectivity index (χ2v) is 8.22. The fourth-order valence-corrected chi connectivity index (χ4v) is 3.67. The molecule has 1 aromatic heterocycles. The number of aromatic nitrogens is 2. The summed E-state index contributed by atoms with van der Waals surface area (Å²) < 4.78 is 11.4. The Bertz CT molecular complexity index is 1070. The largest absolute Gasteiger partial charge is 0.471 e. The molecule has 174 valence electrons. The van der Waals surface area contributed by atoms with E-state index in [0.717, 1.165) is 6.42 Å². The number of anilines is 1. The van der Waals surface area contributed by atoms with E-state index < -0.39 is 17.6 Å². The standard InChI is InChI=1S/C22H25N5O6/c23-9-13-3-1-4-14(7-13)19-25-18(24)17(20(29)27-32-12-22(30)5-2-6-22)21(26-19)33-16-8-15(10-28)31-11-16/h1,3-4,7,15-16,28,30H,2,5-6,8,10-12H2,(H,27,29)(H2,24,25,26)/t15-,16-/m1/s1. The molecule has 2 fully saturated rings. The zero-order chi connectivity index (χ0) is 23.4. The van der Waals surface area contributed by atoms with Crippen LogP contribution in [0, 0.1) is 11.3 Å². The lowest BCUT2D eigenvalue weighted by atomic mass is 9.81. The van der Waals surface area contributed by atoms with Crippen LogP contribution in [0.2, 0.25) is 0 Å². The van der Waals surface area contributed by atoms with Gasteiger partial charge in [-0.2, -0.15) is 10.2 Å². The number of carbonyl (C=O) groups excluding carboxylic acids is 1. The molecule has 5 N–H and O–H groups in total. The molecule has 1 aliphatic heterocycles. The van der Waals surface area contributed by atoms with Crippen molar-refractivity contribution in [2.75, 3.05) is 25.6 Å². The Morgan fingerprint density at radius 2 is 2.21 bits per heavy atom. The van der Waals surface area contributed by atoms with Crippen LogP contribution in [-0.4, -0.2) is 63.7 Å². The number of hydrogen-bond acceptors (Lipinski definition) is 10. The zero-order valence-electron chi connectivity index (χ0n) is 17.9. The van der Waals surface area contributed by atoms with Crippen LogP contribution >= 0.6 is 0 Å². The number of amides is 1. The molecule has 1 aliphatic carbocycles. The van der Waals surface area contributed by atoms with E-state index in [1.54, 1.807) is 24.3 Å². The second-order valence-electron chi connectivity index (χ2n) is 8.22. The Balaban J connectivity index is 1.60. The Morgan fingerprint density at radius 1 is 1.39 bits per heavy atom. The van der Waals surface area contributed by atoms with Crippen molar-refractivity contribution in [3.8, 4) is 23.3 Å². The van der Waals surface area contributed by atoms with Crippen LogP contribution in [0.15, 0.2) is 24.3 Å². The third-order valence-corrected chi connectivity index (χ3v) is 5.70. The van der Waals surface area contributed by atoms with Crippen molar-refractivity contribution < 1.29 is 29.3 Å². The van der Waals surface area contributed by atoms with Crippen molar-refractivity contribution in [1.82, 2.24) is 15.4 Å². The molecule has 0 bridgehead atoms. The second kappa shape index (κ2) is 9.68. The van der Waals surface area contributed by atoms with Gasteiger partial charge in [0, 0.05) is 12.0 Å². The summed E-state index contributed by atoms with van der Waals surface area (Å²) in [7, 11) is 0. The van der Waals surface area contributed by atoms with Crippen molar-refractivity contribution >= 4 is 11.7 Å². The van der Waals surface area contributed by atoms with Gasteiger partial charge >= 0.3 is 0 Å². The Labute approximate surface area is 190 Å². The van der Waals surface area contributed by atoms with Gasteiger partial charge in [-0.3, -0.25) is 9.63 Å². The van der Waals surface area contributed by atoms with Crippen LogP contribution < -0.4 is 16.0 Å². The first-order valence-corrected chi connectivity index (χ1v) is 10.6. The average Bonchev–Trinajstić information content (AvgIpc) is 3.25. The molecule has 11 heteroatoms. The van der Waals surface area contributed by atoms with Crippen LogP contribution in [-0.2, 0) is 9.57 Å². The molecule has 2 atom stereocenters. The maximum absolute atomic E-state index is 12.8. The summed E-state index contributed by atoms with van der Waals surface area (Å²) in [5, 5.41) is 28.6. The van der Waals surface area contributed by atoms with Crippen molar-refractivity contribution in [3.63, 3.8) is 0 Å². The maximum Gasteiger partial charge on any atom is 0.284 e. The fraction of sp³-hybridized carbons (Fsp3) is 0.455. The number of ether oxygens (including phenoxy) is 2. The molecule has 0 radical (unpaired) electrons. The number of nitrogens with two attached hydrogens (primary N) is 1. The van der Waals surface area contributed by atoms with Crippen LogP contribution in [0.4, 0.5) is 5.82 Å². The highest BCUT2D eigenvalue weighted by Gasteiger charge is 2.35. The molecule has 2 aromatic rings. The minimum absolute atomic E-state index is 0.0522. The van der Waals surface area contributed by atoms with E-state index in [4.69, 9.17) is 20.0 Å². The lowest BCUT2D eigenvalue weighted by Crippen LogP contribution is -2.44. The lowest BCUT2D eigenvalue weighted by molar-refractivity contribution is -0.113. The molecule has 2 aliphatic rings. The molecule has 11 nitrogen and oxygen atoms in total. The van der Waals surface area contributed by atoms with Gasteiger partial charge in [0.25, 0.3) is 5.91 Å². The minimum atomic E-state index is -0.940. The van der Waals surface area contributed by atoms with Gasteiger partial charge in [0.2, 0.25) is 5.88 Å². The normalized spacial score (nSPS) is 21.1. The predicted octanol–water partition coefficient (Wildman–Crippen LogP) is 0.702. The third kappa shape index (κ3) is 5.20. The van der Waals surface area contributed by atoms with Crippen LogP contribution in [0.1, 0.15) is 41.6 Å². The molecule has 0 unspecified atom stereocenters. The average molecular weight is 455 g/mol. The number of nitriles is 1. The number of aliphatic hydroxyl groups is 2. The summed E-state index contributed by atoms with van der Waals surface area (Å²) in [4.78, 5) is 26.7. The van der Waals surface area contributed by atoms with Gasteiger partial charge in [0.15, 0.2) is 5.82 Å². The third-order valence-electron chi connectivity index (χ3n) is 5.70. The number of nitrogens with one attached hydrogen (secondary N) is 1. The smallest absolute Gasteiger partial charge is 0.284 e. The number of hydrogen-bond donors (Lipinski definition) is 4. The quantitative estimate of drug-likeness (QED) is 0.415. The number of aliphatic hydroxyl groups excluding tert-OH is 1. The summed E-state index contributed by atoms with van der Waals surface area (Å²) in [6.45, 7) is 0.00438. The molecule has 1 saturated carbocycles. The number of rotatable bonds is 8. The number of nitrogens with zero attached hydrogens (tertiary/aromatic N) is 3. The molecular weight excluding hydrogens is 430 g/mol. The Hall–Kier alpha value is -3.30. The van der Waals surface area contributed by atoms with Gasteiger partial charge in [-0.1, -0.05) is 12.1 Å². The first kappa shape index (κ1) is 22.9. The minimum Gasteiger partial charge on any atom is -0.471 e. The highest BCUT2D eigenvalue weighted by Crippen LogP contribution is 2.32. The monoisotopic (exact) mass is 455 g/mol. The first-order valence-electron chi connectivity index (χ1n) is 10.6. The highest BCUT2D eigenvalue weighted by atomic mass is 16.7. The van der Waals surface area contributed by atoms with Crippen molar-refractivity contribution in [2.24, 2.45) is 0 Å². The highest BCUT2D eigenvalue weighted by molar-refractivity contribution is 6.00. The van der Waals surface area contributed by atoms with E-state index in [0.29, 0.717) is 30.4 Å². The zero-order valence-corrected chi connectivity index (χ0v) is 17.9. The Morgan fingerprint density at radius 3 is 2.88 bits per heavy atom. The summed E-state index contributed by atoms with van der Waals surface area (Å²) >= 11 is 0. The molecule has 1 aromatic carbocycles. The van der Waals surface area contributed by atoms with Crippen molar-refractivity contribution in [1.29, 1.82) is 5.26 Å². The van der Waals surface area contributed by atoms with Crippen LogP contribution in [0.25, 0.3) is 11.4 Å². The molecule has 2 heterocycles. The summed E-state index contributed by atoms with van der Waals surface area (Å²) in [5.41, 5.74) is 8.27. The number of benzene rings is 1. The summed E-state index contributed by atoms with van der Waals surface area (Å²) in [6, 6.07) is 8.69. The van der Waals surface area contributed by atoms with Gasteiger partial charge in [-0.05, 0) is 31.4 Å². The topological polar surface area (TPSA) is 173 Å². The van der Waals surface area contributed by atoms with Crippen LogP contribution in [0.5, 0.6) is 5.88 Å². The van der Waals surface area contributed by atoms with E-state index in [1.807, 2.05) is 0 Å². The lowest BCUT2D eigenvalue weighted by Gasteiger charge is -2.35. The SMILES string of the molecule is N#Cc1cccc(-c2nc(N)c(C(=O)NOCC3(O)CCC3)c(O[C@H]3CO[C@@H](CO)C3)n2)c1. The molecular formula is C22H25N5O6.